The number of aryl methyl sites for hydroxylation is 1. The van der Waals surface area contributed by atoms with E-state index in [1.807, 2.05) is 0 Å². The topological polar surface area (TPSA) is 29.5 Å². The molecule has 2 nitrogen and oxygen atoms in total. The third kappa shape index (κ3) is 2.90. The number of aliphatic hydroxyl groups is 1. The van der Waals surface area contributed by atoms with Gasteiger partial charge in [-0.2, -0.15) is 0 Å². The summed E-state index contributed by atoms with van der Waals surface area (Å²) in [4.78, 5) is 0. The van der Waals surface area contributed by atoms with Gasteiger partial charge in [0.15, 0.2) is 0 Å². The summed E-state index contributed by atoms with van der Waals surface area (Å²) in [5, 5.41) is 10.9. The third-order valence-corrected chi connectivity index (χ3v) is 3.64. The van der Waals surface area contributed by atoms with Crippen LogP contribution in [0.25, 0.3) is 0 Å². The van der Waals surface area contributed by atoms with E-state index in [0.29, 0.717) is 16.3 Å². The van der Waals surface area contributed by atoms with Gasteiger partial charge >= 0.3 is 0 Å². The first-order chi connectivity index (χ1) is 9.43. The molecule has 0 aliphatic carbocycles. The molecule has 0 saturated heterocycles. The summed E-state index contributed by atoms with van der Waals surface area (Å²) in [5.74, 6) is -0.0856. The second kappa shape index (κ2) is 6.00. The average molecular weight is 315 g/mol. The number of hydrogen-bond donors (Lipinski definition) is 1. The predicted molar refractivity (Wildman–Crippen MR) is 78.2 cm³/mol. The Labute approximate surface area is 126 Å². The van der Waals surface area contributed by atoms with E-state index in [4.69, 9.17) is 27.9 Å². The number of benzene rings is 2. The van der Waals surface area contributed by atoms with Crippen LogP contribution < -0.4 is 4.74 Å². The smallest absolute Gasteiger partial charge is 0.138 e. The lowest BCUT2D eigenvalue weighted by molar-refractivity contribution is 0.215. The van der Waals surface area contributed by atoms with Crippen molar-refractivity contribution < 1.29 is 14.2 Å². The molecule has 5 heteroatoms. The fourth-order valence-corrected chi connectivity index (χ4v) is 2.44. The Morgan fingerprint density at radius 3 is 2.40 bits per heavy atom. The third-order valence-electron chi connectivity index (χ3n) is 3.02. The van der Waals surface area contributed by atoms with Crippen molar-refractivity contribution in [3.8, 4) is 5.75 Å². The molecular formula is C15H13Cl2FO2. The van der Waals surface area contributed by atoms with E-state index in [2.05, 4.69) is 0 Å². The molecule has 0 amide bonds. The molecular weight excluding hydrogens is 302 g/mol. The van der Waals surface area contributed by atoms with Crippen LogP contribution in [0.3, 0.4) is 0 Å². The Morgan fingerprint density at radius 2 is 1.80 bits per heavy atom. The van der Waals surface area contributed by atoms with Crippen molar-refractivity contribution in [3.05, 3.63) is 62.9 Å². The quantitative estimate of drug-likeness (QED) is 0.901. The van der Waals surface area contributed by atoms with Crippen molar-refractivity contribution in [3.63, 3.8) is 0 Å². The molecule has 1 unspecified atom stereocenters. The van der Waals surface area contributed by atoms with E-state index < -0.39 is 11.9 Å². The standard InChI is InChI=1S/C15H13Cl2FO2/c1-8-3-4-9(13(18)5-8)15(19)10-6-12(17)14(20-2)7-11(10)16/h3-7,15,19H,1-2H3. The predicted octanol–water partition coefficient (Wildman–Crippen LogP) is 4.53. The minimum absolute atomic E-state index is 0.152. The minimum atomic E-state index is -1.19. The van der Waals surface area contributed by atoms with Crippen LogP contribution in [0.5, 0.6) is 5.75 Å². The first kappa shape index (κ1) is 15.1. The maximum absolute atomic E-state index is 13.9. The van der Waals surface area contributed by atoms with Gasteiger partial charge in [0.1, 0.15) is 17.7 Å². The van der Waals surface area contributed by atoms with Crippen molar-refractivity contribution in [2.75, 3.05) is 7.11 Å². The summed E-state index contributed by atoms with van der Waals surface area (Å²) in [6, 6.07) is 7.59. The minimum Gasteiger partial charge on any atom is -0.495 e. The SMILES string of the molecule is COc1cc(Cl)c(C(O)c2ccc(C)cc2F)cc1Cl. The number of methoxy groups -OCH3 is 1. The van der Waals surface area contributed by atoms with E-state index in [-0.39, 0.29) is 10.6 Å². The monoisotopic (exact) mass is 314 g/mol. The molecule has 0 spiro atoms. The van der Waals surface area contributed by atoms with Gasteiger partial charge in [-0.1, -0.05) is 35.3 Å². The highest BCUT2D eigenvalue weighted by Gasteiger charge is 2.19. The van der Waals surface area contributed by atoms with Crippen molar-refractivity contribution in [1.82, 2.24) is 0 Å². The zero-order valence-electron chi connectivity index (χ0n) is 11.0. The molecule has 0 radical (unpaired) electrons. The summed E-state index contributed by atoms with van der Waals surface area (Å²) in [6.45, 7) is 1.77. The summed E-state index contributed by atoms with van der Waals surface area (Å²) in [7, 11) is 1.47. The van der Waals surface area contributed by atoms with Crippen molar-refractivity contribution in [2.45, 2.75) is 13.0 Å². The summed E-state index contributed by atoms with van der Waals surface area (Å²) in [6.07, 6.45) is -1.19. The lowest BCUT2D eigenvalue weighted by Crippen LogP contribution is -2.04. The van der Waals surface area contributed by atoms with Crippen molar-refractivity contribution >= 4 is 23.2 Å². The molecule has 0 heterocycles. The van der Waals surface area contributed by atoms with E-state index >= 15 is 0 Å². The van der Waals surface area contributed by atoms with Gasteiger partial charge < -0.3 is 9.84 Å². The molecule has 2 aromatic carbocycles. The summed E-state index contributed by atoms with van der Waals surface area (Å²) in [5.41, 5.74) is 1.26. The van der Waals surface area contributed by atoms with Gasteiger partial charge in [0, 0.05) is 17.2 Å². The Bertz CT molecular complexity index is 644. The zero-order chi connectivity index (χ0) is 14.9. The zero-order valence-corrected chi connectivity index (χ0v) is 12.5. The van der Waals surface area contributed by atoms with Crippen LogP contribution in [-0.4, -0.2) is 12.2 Å². The highest BCUT2D eigenvalue weighted by atomic mass is 35.5. The Balaban J connectivity index is 2.48. The molecule has 0 bridgehead atoms. The Hall–Kier alpha value is -1.29. The van der Waals surface area contributed by atoms with E-state index in [9.17, 15) is 9.50 Å². The second-order valence-corrected chi connectivity index (χ2v) is 5.25. The van der Waals surface area contributed by atoms with Crippen LogP contribution >= 0.6 is 23.2 Å². The average Bonchev–Trinajstić information content (AvgIpc) is 2.40. The number of hydrogen-bond acceptors (Lipinski definition) is 2. The van der Waals surface area contributed by atoms with Gasteiger partial charge in [-0.25, -0.2) is 4.39 Å². The molecule has 0 aliphatic rings. The molecule has 2 rings (SSSR count). The van der Waals surface area contributed by atoms with Gasteiger partial charge in [-0.3, -0.25) is 0 Å². The molecule has 0 aromatic heterocycles. The van der Waals surface area contributed by atoms with E-state index in [1.165, 1.54) is 31.4 Å². The number of aliphatic hydroxyl groups excluding tert-OH is 1. The highest BCUT2D eigenvalue weighted by Crippen LogP contribution is 2.36. The highest BCUT2D eigenvalue weighted by molar-refractivity contribution is 6.34. The maximum Gasteiger partial charge on any atom is 0.138 e. The van der Waals surface area contributed by atoms with Crippen LogP contribution in [0.1, 0.15) is 22.8 Å². The van der Waals surface area contributed by atoms with Gasteiger partial charge in [0.05, 0.1) is 17.2 Å². The van der Waals surface area contributed by atoms with Crippen molar-refractivity contribution in [2.24, 2.45) is 0 Å². The Morgan fingerprint density at radius 1 is 1.10 bits per heavy atom. The van der Waals surface area contributed by atoms with Crippen LogP contribution in [0.15, 0.2) is 30.3 Å². The van der Waals surface area contributed by atoms with Crippen LogP contribution in [0.2, 0.25) is 10.0 Å². The van der Waals surface area contributed by atoms with Gasteiger partial charge in [-0.05, 0) is 24.6 Å². The molecule has 1 atom stereocenters. The molecule has 0 fully saturated rings. The summed E-state index contributed by atoms with van der Waals surface area (Å²) < 4.78 is 18.9. The molecule has 0 saturated carbocycles. The molecule has 2 aromatic rings. The largest absolute Gasteiger partial charge is 0.495 e. The van der Waals surface area contributed by atoms with Crippen LogP contribution in [-0.2, 0) is 0 Å². The molecule has 0 aliphatic heterocycles. The summed E-state index contributed by atoms with van der Waals surface area (Å²) >= 11 is 12.1. The van der Waals surface area contributed by atoms with E-state index in [0.717, 1.165) is 5.56 Å². The van der Waals surface area contributed by atoms with Gasteiger partial charge in [0.25, 0.3) is 0 Å². The first-order valence-electron chi connectivity index (χ1n) is 5.91. The number of ether oxygens (including phenoxy) is 1. The molecule has 1 N–H and O–H groups in total. The van der Waals surface area contributed by atoms with E-state index in [1.54, 1.807) is 13.0 Å². The van der Waals surface area contributed by atoms with Gasteiger partial charge in [-0.15, -0.1) is 0 Å². The molecule has 20 heavy (non-hydrogen) atoms. The Kier molecular flexibility index (Phi) is 4.53. The van der Waals surface area contributed by atoms with Gasteiger partial charge in [0.2, 0.25) is 0 Å². The first-order valence-corrected chi connectivity index (χ1v) is 6.66. The normalized spacial score (nSPS) is 12.3. The fourth-order valence-electron chi connectivity index (χ4n) is 1.93. The lowest BCUT2D eigenvalue weighted by atomic mass is 9.99. The maximum atomic E-state index is 13.9. The number of rotatable bonds is 3. The lowest BCUT2D eigenvalue weighted by Gasteiger charge is -2.16. The molecule has 106 valence electrons. The van der Waals surface area contributed by atoms with Crippen LogP contribution in [0.4, 0.5) is 4.39 Å². The van der Waals surface area contributed by atoms with Crippen molar-refractivity contribution in [1.29, 1.82) is 0 Å². The second-order valence-electron chi connectivity index (χ2n) is 4.44. The number of halogens is 3. The van der Waals surface area contributed by atoms with Crippen LogP contribution in [0, 0.1) is 12.7 Å². The fraction of sp³-hybridized carbons (Fsp3) is 0.200.